The fraction of sp³-hybridized carbons (Fsp3) is 0.364. The quantitative estimate of drug-likeness (QED) is 0.763. The highest BCUT2D eigenvalue weighted by Crippen LogP contribution is 2.15. The Morgan fingerprint density at radius 2 is 2.21 bits per heavy atom. The number of halogens is 1. The van der Waals surface area contributed by atoms with Gasteiger partial charge in [-0.2, -0.15) is 0 Å². The molecule has 3 heteroatoms. The summed E-state index contributed by atoms with van der Waals surface area (Å²) in [7, 11) is 0. The molecule has 1 heterocycles. The lowest BCUT2D eigenvalue weighted by atomic mass is 9.97. The Labute approximate surface area is 82.1 Å². The number of hydrogen-bond acceptors (Lipinski definition) is 2. The third kappa shape index (κ3) is 1.82. The predicted molar refractivity (Wildman–Crippen MR) is 51.5 cm³/mol. The molecule has 0 spiro atoms. The van der Waals surface area contributed by atoms with E-state index in [-0.39, 0.29) is 17.5 Å². The summed E-state index contributed by atoms with van der Waals surface area (Å²) in [4.78, 5) is 11.3. The van der Waals surface area contributed by atoms with Crippen LogP contribution in [0.3, 0.4) is 0 Å². The van der Waals surface area contributed by atoms with Crippen LogP contribution >= 0.6 is 0 Å². The van der Waals surface area contributed by atoms with Crippen LogP contribution in [-0.2, 0) is 11.2 Å². The lowest BCUT2D eigenvalue weighted by Gasteiger charge is -2.07. The Bertz CT molecular complexity index is 351. The Morgan fingerprint density at radius 3 is 2.86 bits per heavy atom. The van der Waals surface area contributed by atoms with Gasteiger partial charge in [-0.05, 0) is 18.1 Å². The van der Waals surface area contributed by atoms with Gasteiger partial charge in [-0.3, -0.25) is 4.79 Å². The van der Waals surface area contributed by atoms with E-state index in [2.05, 4.69) is 5.32 Å². The van der Waals surface area contributed by atoms with Crippen LogP contribution in [0.25, 0.3) is 0 Å². The van der Waals surface area contributed by atoms with Crippen molar-refractivity contribution in [2.75, 3.05) is 13.1 Å². The van der Waals surface area contributed by atoms with Crippen molar-refractivity contribution in [1.82, 2.24) is 5.32 Å². The Hall–Kier alpha value is -1.22. The summed E-state index contributed by atoms with van der Waals surface area (Å²) in [5, 5.41) is 2.99. The van der Waals surface area contributed by atoms with Gasteiger partial charge in [0.05, 0.1) is 6.54 Å². The highest BCUT2D eigenvalue weighted by atomic mass is 19.1. The molecule has 1 aliphatic rings. The lowest BCUT2D eigenvalue weighted by Crippen LogP contribution is -2.15. The van der Waals surface area contributed by atoms with Gasteiger partial charge in [0.1, 0.15) is 5.82 Å². The van der Waals surface area contributed by atoms with E-state index in [0.29, 0.717) is 25.1 Å². The summed E-state index contributed by atoms with van der Waals surface area (Å²) in [5.41, 5.74) is 0.634. The van der Waals surface area contributed by atoms with E-state index < -0.39 is 0 Å². The van der Waals surface area contributed by atoms with Gasteiger partial charge in [0, 0.05) is 12.5 Å². The monoisotopic (exact) mass is 193 g/mol. The summed E-state index contributed by atoms with van der Waals surface area (Å²) in [5.74, 6) is -0.0765. The van der Waals surface area contributed by atoms with Gasteiger partial charge < -0.3 is 5.32 Å². The molecule has 0 bridgehead atoms. The molecule has 1 aromatic carbocycles. The molecule has 74 valence electrons. The standard InChI is InChI=1S/C11H12FNO/c12-10-4-2-1-3-8(10)5-9-6-13-7-11(9)14/h1-4,9,13H,5-7H2. The number of Topliss-reactive ketones (excluding diaryl/α,β-unsaturated/α-hetero) is 1. The molecular weight excluding hydrogens is 181 g/mol. The summed E-state index contributed by atoms with van der Waals surface area (Å²) in [6, 6.07) is 6.63. The molecule has 0 amide bonds. The van der Waals surface area contributed by atoms with Crippen molar-refractivity contribution < 1.29 is 9.18 Å². The third-order valence-electron chi connectivity index (χ3n) is 2.57. The number of ketones is 1. The van der Waals surface area contributed by atoms with Crippen LogP contribution in [0, 0.1) is 11.7 Å². The number of rotatable bonds is 2. The van der Waals surface area contributed by atoms with Crippen molar-refractivity contribution in [2.24, 2.45) is 5.92 Å². The van der Waals surface area contributed by atoms with E-state index in [1.54, 1.807) is 18.2 Å². The maximum Gasteiger partial charge on any atom is 0.151 e. The zero-order chi connectivity index (χ0) is 9.97. The zero-order valence-electron chi connectivity index (χ0n) is 7.79. The third-order valence-corrected chi connectivity index (χ3v) is 2.57. The summed E-state index contributed by atoms with van der Waals surface area (Å²) >= 11 is 0. The maximum absolute atomic E-state index is 13.2. The second kappa shape index (κ2) is 3.88. The molecule has 1 saturated heterocycles. The lowest BCUT2D eigenvalue weighted by molar-refractivity contribution is -0.119. The molecule has 1 aliphatic heterocycles. The minimum absolute atomic E-state index is 0.0492. The number of nitrogens with one attached hydrogen (secondary N) is 1. The van der Waals surface area contributed by atoms with E-state index in [9.17, 15) is 9.18 Å². The van der Waals surface area contributed by atoms with Crippen molar-refractivity contribution >= 4 is 5.78 Å². The first-order valence-corrected chi connectivity index (χ1v) is 4.74. The smallest absolute Gasteiger partial charge is 0.151 e. The topological polar surface area (TPSA) is 29.1 Å². The molecule has 0 aromatic heterocycles. The molecule has 2 nitrogen and oxygen atoms in total. The van der Waals surface area contributed by atoms with Crippen molar-refractivity contribution in [3.8, 4) is 0 Å². The summed E-state index contributed by atoms with van der Waals surface area (Å²) in [6.45, 7) is 1.10. The van der Waals surface area contributed by atoms with Crippen LogP contribution in [-0.4, -0.2) is 18.9 Å². The van der Waals surface area contributed by atoms with Crippen molar-refractivity contribution in [3.63, 3.8) is 0 Å². The normalized spacial score (nSPS) is 21.5. The Balaban J connectivity index is 2.10. The minimum atomic E-state index is -0.216. The van der Waals surface area contributed by atoms with Gasteiger partial charge in [-0.25, -0.2) is 4.39 Å². The average molecular weight is 193 g/mol. The van der Waals surface area contributed by atoms with Gasteiger partial charge in [0.25, 0.3) is 0 Å². The fourth-order valence-corrected chi connectivity index (χ4v) is 1.74. The van der Waals surface area contributed by atoms with Crippen molar-refractivity contribution in [3.05, 3.63) is 35.6 Å². The van der Waals surface area contributed by atoms with Crippen LogP contribution in [0.15, 0.2) is 24.3 Å². The van der Waals surface area contributed by atoms with Gasteiger partial charge in [0.2, 0.25) is 0 Å². The molecule has 1 N–H and O–H groups in total. The molecule has 1 fully saturated rings. The minimum Gasteiger partial charge on any atom is -0.309 e. The SMILES string of the molecule is O=C1CNCC1Cc1ccccc1F. The molecule has 0 saturated carbocycles. The van der Waals surface area contributed by atoms with E-state index in [1.807, 2.05) is 0 Å². The largest absolute Gasteiger partial charge is 0.309 e. The van der Waals surface area contributed by atoms with Gasteiger partial charge in [-0.1, -0.05) is 18.2 Å². The number of hydrogen-bond donors (Lipinski definition) is 1. The van der Waals surface area contributed by atoms with Crippen molar-refractivity contribution in [1.29, 1.82) is 0 Å². The van der Waals surface area contributed by atoms with Crippen LogP contribution < -0.4 is 5.32 Å². The molecule has 1 atom stereocenters. The van der Waals surface area contributed by atoms with Crippen LogP contribution in [0.1, 0.15) is 5.56 Å². The van der Waals surface area contributed by atoms with E-state index >= 15 is 0 Å². The van der Waals surface area contributed by atoms with E-state index in [4.69, 9.17) is 0 Å². The summed E-state index contributed by atoms with van der Waals surface area (Å²) < 4.78 is 13.2. The molecule has 0 aliphatic carbocycles. The molecule has 14 heavy (non-hydrogen) atoms. The Kier molecular flexibility index (Phi) is 2.59. The highest BCUT2D eigenvalue weighted by Gasteiger charge is 2.24. The second-order valence-corrected chi connectivity index (χ2v) is 3.59. The van der Waals surface area contributed by atoms with Crippen LogP contribution in [0.4, 0.5) is 4.39 Å². The first-order chi connectivity index (χ1) is 6.77. The van der Waals surface area contributed by atoms with Gasteiger partial charge >= 0.3 is 0 Å². The predicted octanol–water partition coefficient (Wildman–Crippen LogP) is 1.16. The zero-order valence-corrected chi connectivity index (χ0v) is 7.79. The van der Waals surface area contributed by atoms with Gasteiger partial charge in [0.15, 0.2) is 5.78 Å². The second-order valence-electron chi connectivity index (χ2n) is 3.59. The first-order valence-electron chi connectivity index (χ1n) is 4.74. The van der Waals surface area contributed by atoms with Crippen LogP contribution in [0.2, 0.25) is 0 Å². The highest BCUT2D eigenvalue weighted by molar-refractivity contribution is 5.85. The van der Waals surface area contributed by atoms with E-state index in [1.165, 1.54) is 6.07 Å². The maximum atomic E-state index is 13.2. The van der Waals surface area contributed by atoms with E-state index in [0.717, 1.165) is 0 Å². The Morgan fingerprint density at radius 1 is 1.43 bits per heavy atom. The van der Waals surface area contributed by atoms with Gasteiger partial charge in [-0.15, -0.1) is 0 Å². The summed E-state index contributed by atoms with van der Waals surface area (Å²) in [6.07, 6.45) is 0.512. The number of carbonyl (C=O) groups excluding carboxylic acids is 1. The fourth-order valence-electron chi connectivity index (χ4n) is 1.74. The average Bonchev–Trinajstić information content (AvgIpc) is 2.56. The molecule has 1 unspecified atom stereocenters. The van der Waals surface area contributed by atoms with Crippen molar-refractivity contribution in [2.45, 2.75) is 6.42 Å². The molecule has 1 aromatic rings. The van der Waals surface area contributed by atoms with Crippen LogP contribution in [0.5, 0.6) is 0 Å². The molecule has 0 radical (unpaired) electrons. The first kappa shape index (κ1) is 9.34. The molecular formula is C11H12FNO. The molecule has 2 rings (SSSR count). The number of carbonyl (C=O) groups is 1. The number of benzene rings is 1.